The zero-order chi connectivity index (χ0) is 33.0. The molecule has 0 aliphatic heterocycles. The molecule has 0 aliphatic rings. The highest BCUT2D eigenvalue weighted by Crippen LogP contribution is 2.43. The number of para-hydroxylation sites is 1. The van der Waals surface area contributed by atoms with Crippen LogP contribution in [0.5, 0.6) is 0 Å². The summed E-state index contributed by atoms with van der Waals surface area (Å²) >= 11 is 0. The van der Waals surface area contributed by atoms with E-state index in [1.807, 2.05) is 12.1 Å². The molecule has 0 atom stereocenters. The maximum absolute atomic E-state index is 6.15. The Kier molecular flexibility index (Phi) is 6.53. The molecule has 0 saturated carbocycles. The third-order valence-corrected chi connectivity index (χ3v) is 10.0. The lowest BCUT2D eigenvalue weighted by Gasteiger charge is -2.28. The Hall–Kier alpha value is -6.64. The van der Waals surface area contributed by atoms with Gasteiger partial charge in [0.2, 0.25) is 0 Å². The van der Waals surface area contributed by atoms with E-state index in [4.69, 9.17) is 4.42 Å². The summed E-state index contributed by atoms with van der Waals surface area (Å²) in [7, 11) is 0. The lowest BCUT2D eigenvalue weighted by atomic mass is 9.97. The molecular weight excluding hydrogens is 607 g/mol. The smallest absolute Gasteiger partial charge is 0.135 e. The molecule has 2 nitrogen and oxygen atoms in total. The lowest BCUT2D eigenvalue weighted by molar-refractivity contribution is 0.669. The first-order chi connectivity index (χ1) is 24.8. The van der Waals surface area contributed by atoms with E-state index in [2.05, 4.69) is 181 Å². The van der Waals surface area contributed by atoms with E-state index in [-0.39, 0.29) is 0 Å². The van der Waals surface area contributed by atoms with E-state index in [9.17, 15) is 0 Å². The Balaban J connectivity index is 1.15. The fourth-order valence-corrected chi connectivity index (χ4v) is 7.55. The molecule has 1 aromatic heterocycles. The van der Waals surface area contributed by atoms with Crippen LogP contribution in [0.2, 0.25) is 0 Å². The van der Waals surface area contributed by atoms with Crippen molar-refractivity contribution in [2.75, 3.05) is 4.90 Å². The summed E-state index contributed by atoms with van der Waals surface area (Å²) in [4.78, 5) is 2.41. The van der Waals surface area contributed by atoms with Gasteiger partial charge in [0.1, 0.15) is 11.2 Å². The second-order valence-corrected chi connectivity index (χ2v) is 13.0. The van der Waals surface area contributed by atoms with Crippen LogP contribution in [0.4, 0.5) is 17.1 Å². The fraction of sp³-hybridized carbons (Fsp3) is 0. The number of fused-ring (bicyclic) bond motifs is 7. The van der Waals surface area contributed by atoms with Gasteiger partial charge in [-0.05, 0) is 104 Å². The van der Waals surface area contributed by atoms with E-state index >= 15 is 0 Å². The Bertz CT molecular complexity index is 2880. The van der Waals surface area contributed by atoms with Crippen molar-refractivity contribution >= 4 is 71.3 Å². The molecule has 234 valence electrons. The molecule has 0 N–H and O–H groups in total. The van der Waals surface area contributed by atoms with Crippen molar-refractivity contribution in [1.29, 1.82) is 0 Å². The van der Waals surface area contributed by atoms with E-state index in [1.54, 1.807) is 0 Å². The maximum atomic E-state index is 6.15. The molecule has 0 radical (unpaired) electrons. The van der Waals surface area contributed by atoms with E-state index < -0.39 is 0 Å². The first kappa shape index (κ1) is 28.4. The zero-order valence-corrected chi connectivity index (χ0v) is 27.3. The van der Waals surface area contributed by atoms with Crippen LogP contribution in [0.15, 0.2) is 192 Å². The van der Waals surface area contributed by atoms with Crippen molar-refractivity contribution in [3.63, 3.8) is 0 Å². The third kappa shape index (κ3) is 4.73. The second-order valence-electron chi connectivity index (χ2n) is 13.0. The molecule has 0 bridgehead atoms. The molecule has 2 heteroatoms. The van der Waals surface area contributed by atoms with Crippen LogP contribution in [0, 0.1) is 0 Å². The molecule has 0 unspecified atom stereocenters. The number of anilines is 3. The average Bonchev–Trinajstić information content (AvgIpc) is 3.56. The minimum atomic E-state index is 0.905. The number of nitrogens with zero attached hydrogens (tertiary/aromatic N) is 1. The summed E-state index contributed by atoms with van der Waals surface area (Å²) in [5.41, 5.74) is 9.86. The number of hydrogen-bond donors (Lipinski definition) is 0. The van der Waals surface area contributed by atoms with E-state index in [1.165, 1.54) is 43.4 Å². The van der Waals surface area contributed by atoms with Crippen LogP contribution in [0.1, 0.15) is 0 Å². The number of hydrogen-bond acceptors (Lipinski definition) is 2. The van der Waals surface area contributed by atoms with Crippen molar-refractivity contribution in [2.24, 2.45) is 0 Å². The van der Waals surface area contributed by atoms with Gasteiger partial charge in [0.05, 0.1) is 5.69 Å². The summed E-state index contributed by atoms with van der Waals surface area (Å²) in [5.74, 6) is 0. The van der Waals surface area contributed by atoms with Crippen molar-refractivity contribution in [1.82, 2.24) is 0 Å². The summed E-state index contributed by atoms with van der Waals surface area (Å²) < 4.78 is 6.15. The standard InChI is InChI=1S/C48H31NO/c1-2-11-34-28-36(21-20-32(34)10-1)33-22-25-39(26-23-33)49(46-31-38-12-3-4-15-41(38)42-16-5-6-17-43(42)46)40-14-9-13-35(29-40)37-24-27-48-45(30-37)44-18-7-8-19-47(44)50-48/h1-31H. The minimum absolute atomic E-state index is 0.905. The van der Waals surface area contributed by atoms with Gasteiger partial charge >= 0.3 is 0 Å². The van der Waals surface area contributed by atoms with Gasteiger partial charge in [-0.2, -0.15) is 0 Å². The van der Waals surface area contributed by atoms with E-state index in [0.29, 0.717) is 0 Å². The molecule has 0 saturated heterocycles. The molecule has 0 amide bonds. The summed E-state index contributed by atoms with van der Waals surface area (Å²) in [6.07, 6.45) is 0. The van der Waals surface area contributed by atoms with Crippen molar-refractivity contribution in [3.8, 4) is 22.3 Å². The quantitative estimate of drug-likeness (QED) is 0.175. The van der Waals surface area contributed by atoms with Gasteiger partial charge in [-0.25, -0.2) is 0 Å². The van der Waals surface area contributed by atoms with Gasteiger partial charge in [-0.3, -0.25) is 0 Å². The summed E-state index contributed by atoms with van der Waals surface area (Å²) in [5, 5.41) is 9.69. The third-order valence-electron chi connectivity index (χ3n) is 10.0. The van der Waals surface area contributed by atoms with Gasteiger partial charge in [0.15, 0.2) is 0 Å². The van der Waals surface area contributed by atoms with Crippen LogP contribution in [-0.4, -0.2) is 0 Å². The van der Waals surface area contributed by atoms with Gasteiger partial charge in [-0.15, -0.1) is 0 Å². The van der Waals surface area contributed by atoms with Crippen molar-refractivity contribution in [3.05, 3.63) is 188 Å². The topological polar surface area (TPSA) is 16.4 Å². The second kappa shape index (κ2) is 11.5. The molecule has 0 fully saturated rings. The summed E-state index contributed by atoms with van der Waals surface area (Å²) in [6.45, 7) is 0. The molecular formula is C48H31NO. The predicted molar refractivity (Wildman–Crippen MR) is 212 cm³/mol. The zero-order valence-electron chi connectivity index (χ0n) is 27.3. The van der Waals surface area contributed by atoms with Gasteiger partial charge < -0.3 is 9.32 Å². The minimum Gasteiger partial charge on any atom is -0.456 e. The molecule has 0 spiro atoms. The summed E-state index contributed by atoms with van der Waals surface area (Å²) in [6, 6.07) is 67.7. The molecule has 9 aromatic carbocycles. The molecule has 10 aromatic rings. The Morgan fingerprint density at radius 2 is 0.920 bits per heavy atom. The highest BCUT2D eigenvalue weighted by molar-refractivity contribution is 6.14. The monoisotopic (exact) mass is 637 g/mol. The highest BCUT2D eigenvalue weighted by atomic mass is 16.3. The number of furan rings is 1. The van der Waals surface area contributed by atoms with Crippen LogP contribution in [0.25, 0.3) is 76.5 Å². The number of benzene rings is 9. The van der Waals surface area contributed by atoms with Crippen LogP contribution < -0.4 is 4.90 Å². The van der Waals surface area contributed by atoms with Crippen molar-refractivity contribution < 1.29 is 4.42 Å². The molecule has 1 heterocycles. The van der Waals surface area contributed by atoms with Gasteiger partial charge in [0.25, 0.3) is 0 Å². The highest BCUT2D eigenvalue weighted by Gasteiger charge is 2.18. The average molecular weight is 638 g/mol. The first-order valence-electron chi connectivity index (χ1n) is 17.1. The SMILES string of the molecule is c1cc(-c2ccc3oc4ccccc4c3c2)cc(N(c2ccc(-c3ccc4ccccc4c3)cc2)c2cc3ccccc3c3ccccc23)c1. The Labute approximate surface area is 290 Å². The Morgan fingerprint density at radius 1 is 0.300 bits per heavy atom. The van der Waals surface area contributed by atoms with Gasteiger partial charge in [-0.1, -0.05) is 133 Å². The maximum Gasteiger partial charge on any atom is 0.135 e. The molecule has 50 heavy (non-hydrogen) atoms. The number of rotatable bonds is 5. The lowest BCUT2D eigenvalue weighted by Crippen LogP contribution is -2.10. The normalized spacial score (nSPS) is 11.6. The Morgan fingerprint density at radius 3 is 1.78 bits per heavy atom. The molecule has 10 rings (SSSR count). The first-order valence-corrected chi connectivity index (χ1v) is 17.1. The van der Waals surface area contributed by atoms with Crippen LogP contribution >= 0.6 is 0 Å². The van der Waals surface area contributed by atoms with Crippen molar-refractivity contribution in [2.45, 2.75) is 0 Å². The van der Waals surface area contributed by atoms with Crippen LogP contribution in [-0.2, 0) is 0 Å². The van der Waals surface area contributed by atoms with Crippen LogP contribution in [0.3, 0.4) is 0 Å². The largest absolute Gasteiger partial charge is 0.456 e. The molecule has 0 aliphatic carbocycles. The van der Waals surface area contributed by atoms with Gasteiger partial charge in [0, 0.05) is 27.5 Å². The fourth-order valence-electron chi connectivity index (χ4n) is 7.55. The van der Waals surface area contributed by atoms with E-state index in [0.717, 1.165) is 50.1 Å². The predicted octanol–water partition coefficient (Wildman–Crippen LogP) is 13.8.